The van der Waals surface area contributed by atoms with Crippen molar-refractivity contribution >= 4 is 50.7 Å². The summed E-state index contributed by atoms with van der Waals surface area (Å²) in [5.74, 6) is 0.138. The van der Waals surface area contributed by atoms with Gasteiger partial charge in [-0.15, -0.1) is 0 Å². The van der Waals surface area contributed by atoms with E-state index in [1.54, 1.807) is 30.3 Å². The number of thiophene rings is 1. The molecule has 0 bridgehead atoms. The number of nitrogens with two attached hydrogens (primary N) is 2. The van der Waals surface area contributed by atoms with Gasteiger partial charge in [0, 0.05) is 12.4 Å². The maximum atomic E-state index is 12.2. The van der Waals surface area contributed by atoms with Crippen LogP contribution in [0.4, 0.5) is 5.00 Å². The molecule has 2 heterocycles. The van der Waals surface area contributed by atoms with Crippen molar-refractivity contribution in [3.05, 3.63) is 41.0 Å². The number of guanidine groups is 1. The van der Waals surface area contributed by atoms with Crippen LogP contribution in [0, 0.1) is 0 Å². The summed E-state index contributed by atoms with van der Waals surface area (Å²) in [6, 6.07) is 8.59. The Balaban J connectivity index is 1.99. The van der Waals surface area contributed by atoms with Crippen molar-refractivity contribution in [2.75, 3.05) is 12.8 Å². The fourth-order valence-corrected chi connectivity index (χ4v) is 2.95. The van der Waals surface area contributed by atoms with E-state index in [2.05, 4.69) is 15.3 Å². The van der Waals surface area contributed by atoms with Gasteiger partial charge in [-0.05, 0) is 30.3 Å². The van der Waals surface area contributed by atoms with E-state index < -0.39 is 5.91 Å². The number of hydrogen-bond acceptors (Lipinski definition) is 5. The molecule has 9 heteroatoms. The lowest BCUT2D eigenvalue weighted by molar-refractivity contribution is 0.0972. The van der Waals surface area contributed by atoms with E-state index in [4.69, 9.17) is 27.8 Å². The molecule has 0 saturated heterocycles. The fourth-order valence-electron chi connectivity index (χ4n) is 2.10. The second-order valence-electron chi connectivity index (χ2n) is 4.84. The molecule has 0 aliphatic heterocycles. The van der Waals surface area contributed by atoms with Crippen LogP contribution in [0.1, 0.15) is 10.5 Å². The van der Waals surface area contributed by atoms with Gasteiger partial charge in [0.2, 0.25) is 0 Å². The number of carbonyl (C=O) groups is 1. The second kappa shape index (κ2) is 6.42. The summed E-state index contributed by atoms with van der Waals surface area (Å²) in [5.41, 5.74) is 12.1. The number of anilines is 1. The van der Waals surface area contributed by atoms with Crippen LogP contribution in [0.5, 0.6) is 10.8 Å². The Morgan fingerprint density at radius 2 is 2.17 bits per heavy atom. The summed E-state index contributed by atoms with van der Waals surface area (Å²) in [6.07, 6.45) is 0. The highest BCUT2D eigenvalue weighted by Gasteiger charge is 2.16. The Hall–Kier alpha value is -2.71. The van der Waals surface area contributed by atoms with E-state index in [-0.39, 0.29) is 5.96 Å². The van der Waals surface area contributed by atoms with Gasteiger partial charge < -0.3 is 21.2 Å². The first-order chi connectivity index (χ1) is 11.5. The Morgan fingerprint density at radius 3 is 2.83 bits per heavy atom. The Labute approximate surface area is 146 Å². The quantitative estimate of drug-likeness (QED) is 0.422. The maximum Gasteiger partial charge on any atom is 0.274 e. The number of nitrogens with zero attached hydrogens (tertiary/aromatic N) is 1. The number of amides is 1. The molecular formula is C15H14ClN5O2S. The van der Waals surface area contributed by atoms with Gasteiger partial charge in [0.15, 0.2) is 16.8 Å². The summed E-state index contributed by atoms with van der Waals surface area (Å²) in [4.78, 5) is 18.9. The maximum absolute atomic E-state index is 12.2. The van der Waals surface area contributed by atoms with Gasteiger partial charge >= 0.3 is 0 Å². The number of aliphatic imine (C=N–C) groups is 1. The standard InChI is InChI=1S/C15H14ClN5O2S/c1-19-15(18)21-14(22)9-6-7-8(16)2-3-10(13(7)20-9)23-12-5-4-11(17)24-12/h2-6,20H,17H2,1H3,(H3,18,19,21,22). The van der Waals surface area contributed by atoms with E-state index >= 15 is 0 Å². The zero-order valence-corrected chi connectivity index (χ0v) is 14.2. The first-order valence-electron chi connectivity index (χ1n) is 6.86. The molecule has 0 radical (unpaired) electrons. The van der Waals surface area contributed by atoms with Gasteiger partial charge in [-0.25, -0.2) is 0 Å². The number of aromatic amines is 1. The molecule has 0 fully saturated rings. The van der Waals surface area contributed by atoms with Crippen LogP contribution in [0.25, 0.3) is 10.9 Å². The molecule has 0 saturated carbocycles. The number of rotatable bonds is 3. The highest BCUT2D eigenvalue weighted by atomic mass is 35.5. The SMILES string of the molecule is CN=C(N)NC(=O)c1cc2c(Cl)ccc(Oc3ccc(N)s3)c2[nH]1. The normalized spacial score (nSPS) is 11.7. The number of carbonyl (C=O) groups excluding carboxylic acids is 1. The molecule has 0 atom stereocenters. The van der Waals surface area contributed by atoms with E-state index in [0.717, 1.165) is 0 Å². The number of aromatic nitrogens is 1. The van der Waals surface area contributed by atoms with E-state index in [0.29, 0.717) is 37.4 Å². The van der Waals surface area contributed by atoms with Crippen molar-refractivity contribution in [3.63, 3.8) is 0 Å². The number of hydrogen-bond donors (Lipinski definition) is 4. The molecule has 24 heavy (non-hydrogen) atoms. The van der Waals surface area contributed by atoms with Gasteiger partial charge in [0.1, 0.15) is 5.69 Å². The van der Waals surface area contributed by atoms with Crippen LogP contribution >= 0.6 is 22.9 Å². The molecule has 0 unspecified atom stereocenters. The molecule has 2 aromatic heterocycles. The van der Waals surface area contributed by atoms with Crippen LogP contribution in [0.3, 0.4) is 0 Å². The molecule has 124 valence electrons. The topological polar surface area (TPSA) is 119 Å². The predicted molar refractivity (Wildman–Crippen MR) is 97.1 cm³/mol. The zero-order valence-electron chi connectivity index (χ0n) is 12.6. The molecule has 0 aliphatic carbocycles. The minimum Gasteiger partial charge on any atom is -0.444 e. The van der Waals surface area contributed by atoms with Crippen molar-refractivity contribution in [3.8, 4) is 10.8 Å². The zero-order chi connectivity index (χ0) is 17.3. The lowest BCUT2D eigenvalue weighted by atomic mass is 10.2. The van der Waals surface area contributed by atoms with Crippen LogP contribution in [-0.4, -0.2) is 23.9 Å². The van der Waals surface area contributed by atoms with Crippen molar-refractivity contribution < 1.29 is 9.53 Å². The van der Waals surface area contributed by atoms with Crippen LogP contribution in [0.15, 0.2) is 35.3 Å². The van der Waals surface area contributed by atoms with E-state index in [1.165, 1.54) is 18.4 Å². The third-order valence-corrected chi connectivity index (χ3v) is 4.36. The van der Waals surface area contributed by atoms with Crippen LogP contribution in [0.2, 0.25) is 5.02 Å². The summed E-state index contributed by atoms with van der Waals surface area (Å²) in [5, 5.41) is 4.90. The van der Waals surface area contributed by atoms with Gasteiger partial charge in [-0.3, -0.25) is 15.1 Å². The second-order valence-corrected chi connectivity index (χ2v) is 6.32. The third kappa shape index (κ3) is 3.15. The third-order valence-electron chi connectivity index (χ3n) is 3.24. The molecule has 3 rings (SSSR count). The minimum absolute atomic E-state index is 0.0234. The van der Waals surface area contributed by atoms with Crippen LogP contribution < -0.4 is 21.5 Å². The van der Waals surface area contributed by atoms with Gasteiger partial charge in [0.25, 0.3) is 5.91 Å². The first kappa shape index (κ1) is 16.2. The Kier molecular flexibility index (Phi) is 4.32. The van der Waals surface area contributed by atoms with Gasteiger partial charge in [0.05, 0.1) is 15.5 Å². The number of fused-ring (bicyclic) bond motifs is 1. The van der Waals surface area contributed by atoms with Crippen molar-refractivity contribution in [1.29, 1.82) is 0 Å². The Morgan fingerprint density at radius 1 is 1.38 bits per heavy atom. The average Bonchev–Trinajstić information content (AvgIpc) is 3.17. The van der Waals surface area contributed by atoms with E-state index in [9.17, 15) is 4.79 Å². The molecule has 0 aliphatic rings. The van der Waals surface area contributed by atoms with Crippen molar-refractivity contribution in [2.24, 2.45) is 10.7 Å². The number of benzene rings is 1. The molecule has 1 aromatic carbocycles. The molecule has 3 aromatic rings. The number of nitrogens with one attached hydrogen (secondary N) is 2. The van der Waals surface area contributed by atoms with E-state index in [1.807, 2.05) is 0 Å². The number of halogens is 1. The first-order valence-corrected chi connectivity index (χ1v) is 8.05. The monoisotopic (exact) mass is 363 g/mol. The molecule has 0 spiro atoms. The highest BCUT2D eigenvalue weighted by molar-refractivity contribution is 7.17. The number of ether oxygens (including phenoxy) is 1. The fraction of sp³-hybridized carbons (Fsp3) is 0.0667. The highest BCUT2D eigenvalue weighted by Crippen LogP contribution is 2.37. The summed E-state index contributed by atoms with van der Waals surface area (Å²) < 4.78 is 5.83. The molecule has 6 N–H and O–H groups in total. The molecular weight excluding hydrogens is 350 g/mol. The largest absolute Gasteiger partial charge is 0.444 e. The summed E-state index contributed by atoms with van der Waals surface area (Å²) in [6.45, 7) is 0. The Bertz CT molecular complexity index is 947. The average molecular weight is 364 g/mol. The minimum atomic E-state index is -0.420. The smallest absolute Gasteiger partial charge is 0.274 e. The molecule has 1 amide bonds. The van der Waals surface area contributed by atoms with Crippen LogP contribution in [-0.2, 0) is 0 Å². The lowest BCUT2D eigenvalue weighted by Crippen LogP contribution is -2.36. The number of nitrogen functional groups attached to an aromatic ring is 1. The van der Waals surface area contributed by atoms with Gasteiger partial charge in [-0.2, -0.15) is 0 Å². The van der Waals surface area contributed by atoms with Gasteiger partial charge in [-0.1, -0.05) is 22.9 Å². The predicted octanol–water partition coefficient (Wildman–Crippen LogP) is 2.93. The van der Waals surface area contributed by atoms with Crippen molar-refractivity contribution in [2.45, 2.75) is 0 Å². The molecule has 7 nitrogen and oxygen atoms in total. The van der Waals surface area contributed by atoms with Crippen molar-refractivity contribution in [1.82, 2.24) is 10.3 Å². The summed E-state index contributed by atoms with van der Waals surface area (Å²) in [7, 11) is 1.48. The summed E-state index contributed by atoms with van der Waals surface area (Å²) >= 11 is 7.53. The lowest BCUT2D eigenvalue weighted by Gasteiger charge is -2.05. The number of H-pyrrole nitrogens is 1.